The van der Waals surface area contributed by atoms with Crippen molar-refractivity contribution in [1.29, 1.82) is 0 Å². The van der Waals surface area contributed by atoms with E-state index in [1.54, 1.807) is 13.3 Å². The van der Waals surface area contributed by atoms with Crippen LogP contribution >= 0.6 is 23.2 Å². The van der Waals surface area contributed by atoms with Gasteiger partial charge in [-0.1, -0.05) is 23.2 Å². The first-order chi connectivity index (χ1) is 18.8. The molecule has 0 aliphatic carbocycles. The maximum Gasteiger partial charge on any atom is 0.223 e. The molecule has 0 radical (unpaired) electrons. The van der Waals surface area contributed by atoms with Crippen LogP contribution in [0.25, 0.3) is 22.2 Å². The van der Waals surface area contributed by atoms with Crippen LogP contribution in [0.3, 0.4) is 0 Å². The minimum Gasteiger partial charge on any atom is -0.493 e. The van der Waals surface area contributed by atoms with Gasteiger partial charge in [0, 0.05) is 67.1 Å². The van der Waals surface area contributed by atoms with Crippen molar-refractivity contribution in [3.63, 3.8) is 0 Å². The number of fused-ring (bicyclic) bond motifs is 2. The number of anilines is 1. The average Bonchev–Trinajstić information content (AvgIpc) is 3.53. The number of aromatic amines is 1. The number of piperazine rings is 1. The number of methoxy groups -OCH3 is 1. The van der Waals surface area contributed by atoms with Crippen molar-refractivity contribution in [2.45, 2.75) is 38.8 Å². The summed E-state index contributed by atoms with van der Waals surface area (Å²) in [6.45, 7) is 6.05. The standard InChI is InChI=1S/C28H28Cl2N6O3/c1-15-27(30)26(20(29)13-31-15)16(2)39-23-10-19-21(11-22(23)38-3)33-34-28(19)17-4-6-24(32-12-17)35-8-9-36-18(14-35)5-7-25(36)37/h4,6,10-13,16,18H,5,7-9,14H2,1-3H3,(H,33,34). The smallest absolute Gasteiger partial charge is 0.223 e. The Hall–Kier alpha value is -3.56. The first kappa shape index (κ1) is 25.7. The van der Waals surface area contributed by atoms with E-state index in [9.17, 15) is 4.79 Å². The lowest BCUT2D eigenvalue weighted by molar-refractivity contribution is -0.129. The highest BCUT2D eigenvalue weighted by Gasteiger charge is 2.35. The third-order valence-electron chi connectivity index (χ3n) is 7.58. The van der Waals surface area contributed by atoms with E-state index in [1.807, 2.05) is 49.2 Å². The van der Waals surface area contributed by atoms with Gasteiger partial charge in [0.2, 0.25) is 5.91 Å². The zero-order valence-electron chi connectivity index (χ0n) is 21.9. The highest BCUT2D eigenvalue weighted by atomic mass is 35.5. The Balaban J connectivity index is 1.28. The van der Waals surface area contributed by atoms with Gasteiger partial charge in [0.1, 0.15) is 17.6 Å². The zero-order chi connectivity index (χ0) is 27.3. The summed E-state index contributed by atoms with van der Waals surface area (Å²) in [6.07, 6.45) is 4.53. The first-order valence-electron chi connectivity index (χ1n) is 12.9. The Labute approximate surface area is 236 Å². The van der Waals surface area contributed by atoms with Gasteiger partial charge in [0.05, 0.1) is 28.4 Å². The Morgan fingerprint density at radius 3 is 2.74 bits per heavy atom. The number of hydrogen-bond donors (Lipinski definition) is 1. The number of rotatable bonds is 6. The molecule has 0 bridgehead atoms. The second-order valence-electron chi connectivity index (χ2n) is 9.93. The van der Waals surface area contributed by atoms with E-state index in [0.717, 1.165) is 54.0 Å². The van der Waals surface area contributed by atoms with Crippen LogP contribution in [0.2, 0.25) is 10.0 Å². The summed E-state index contributed by atoms with van der Waals surface area (Å²) >= 11 is 12.9. The maximum atomic E-state index is 12.0. The number of ether oxygens (including phenoxy) is 2. The highest BCUT2D eigenvalue weighted by molar-refractivity contribution is 6.36. The summed E-state index contributed by atoms with van der Waals surface area (Å²) < 4.78 is 11.9. The number of halogens is 2. The SMILES string of the molecule is COc1cc2[nH]nc(-c3ccc(N4CCN5C(=O)CCC5C4)nc3)c2cc1OC(C)c1c(Cl)cnc(C)c1Cl. The highest BCUT2D eigenvalue weighted by Crippen LogP contribution is 2.40. The summed E-state index contributed by atoms with van der Waals surface area (Å²) in [6, 6.07) is 8.08. The number of nitrogens with zero attached hydrogens (tertiary/aromatic N) is 5. The number of H-pyrrole nitrogens is 1. The molecule has 1 N–H and O–H groups in total. The minimum atomic E-state index is -0.454. The quantitative estimate of drug-likeness (QED) is 0.324. The summed E-state index contributed by atoms with van der Waals surface area (Å²) in [4.78, 5) is 25.2. The Kier molecular flexibility index (Phi) is 6.72. The van der Waals surface area contributed by atoms with E-state index in [0.29, 0.717) is 39.2 Å². The van der Waals surface area contributed by atoms with Crippen LogP contribution < -0.4 is 14.4 Å². The molecule has 6 rings (SSSR count). The number of carbonyl (C=O) groups is 1. The third kappa shape index (κ3) is 4.63. The van der Waals surface area contributed by atoms with Gasteiger partial charge in [0.15, 0.2) is 11.5 Å². The van der Waals surface area contributed by atoms with Gasteiger partial charge in [0.25, 0.3) is 0 Å². The molecule has 2 aliphatic heterocycles. The summed E-state index contributed by atoms with van der Waals surface area (Å²) in [5.74, 6) is 2.26. The summed E-state index contributed by atoms with van der Waals surface area (Å²) in [7, 11) is 1.59. The predicted molar refractivity (Wildman–Crippen MR) is 151 cm³/mol. The molecule has 2 fully saturated rings. The number of amides is 1. The second kappa shape index (κ2) is 10.2. The van der Waals surface area contributed by atoms with Crippen LogP contribution in [0, 0.1) is 6.92 Å². The van der Waals surface area contributed by atoms with Crippen LogP contribution in [0.15, 0.2) is 36.7 Å². The number of nitrogens with one attached hydrogen (secondary N) is 1. The molecule has 39 heavy (non-hydrogen) atoms. The monoisotopic (exact) mass is 566 g/mol. The molecule has 2 saturated heterocycles. The molecule has 4 aromatic rings. The van der Waals surface area contributed by atoms with Crippen molar-refractivity contribution >= 4 is 45.8 Å². The zero-order valence-corrected chi connectivity index (χ0v) is 23.4. The van der Waals surface area contributed by atoms with Crippen molar-refractivity contribution in [2.75, 3.05) is 31.6 Å². The number of aromatic nitrogens is 4. The molecule has 0 saturated carbocycles. The number of hydrogen-bond acceptors (Lipinski definition) is 7. The molecule has 0 spiro atoms. The van der Waals surface area contributed by atoms with Crippen molar-refractivity contribution in [3.8, 4) is 22.8 Å². The molecule has 3 aromatic heterocycles. The van der Waals surface area contributed by atoms with Gasteiger partial charge in [-0.3, -0.25) is 14.9 Å². The number of aryl methyl sites for hydroxylation is 1. The van der Waals surface area contributed by atoms with Gasteiger partial charge in [-0.15, -0.1) is 0 Å². The van der Waals surface area contributed by atoms with Crippen LogP contribution in [-0.2, 0) is 4.79 Å². The van der Waals surface area contributed by atoms with Gasteiger partial charge in [-0.2, -0.15) is 5.10 Å². The Bertz CT molecular complexity index is 1560. The molecular weight excluding hydrogens is 539 g/mol. The minimum absolute atomic E-state index is 0.268. The largest absolute Gasteiger partial charge is 0.493 e. The molecule has 202 valence electrons. The lowest BCUT2D eigenvalue weighted by atomic mass is 10.1. The fourth-order valence-electron chi connectivity index (χ4n) is 5.48. The maximum absolute atomic E-state index is 12.0. The van der Waals surface area contributed by atoms with Crippen molar-refractivity contribution in [2.24, 2.45) is 0 Å². The molecule has 2 aliphatic rings. The molecule has 2 unspecified atom stereocenters. The third-order valence-corrected chi connectivity index (χ3v) is 8.36. The van der Waals surface area contributed by atoms with Gasteiger partial charge in [-0.25, -0.2) is 4.98 Å². The van der Waals surface area contributed by atoms with E-state index >= 15 is 0 Å². The summed E-state index contributed by atoms with van der Waals surface area (Å²) in [5.41, 5.74) is 3.79. The number of pyridine rings is 2. The Morgan fingerprint density at radius 1 is 1.13 bits per heavy atom. The van der Waals surface area contributed by atoms with Gasteiger partial charge < -0.3 is 19.3 Å². The van der Waals surface area contributed by atoms with Crippen molar-refractivity contribution in [1.82, 2.24) is 25.1 Å². The van der Waals surface area contributed by atoms with Crippen molar-refractivity contribution < 1.29 is 14.3 Å². The van der Waals surface area contributed by atoms with Crippen LogP contribution in [-0.4, -0.2) is 63.8 Å². The molecular formula is C28H28Cl2N6O3. The fourth-order valence-corrected chi connectivity index (χ4v) is 6.13. The molecule has 2 atom stereocenters. The first-order valence-corrected chi connectivity index (χ1v) is 13.6. The normalized spacial score (nSPS) is 18.0. The van der Waals surface area contributed by atoms with Gasteiger partial charge >= 0.3 is 0 Å². The van der Waals surface area contributed by atoms with E-state index in [4.69, 9.17) is 37.7 Å². The molecule has 1 aromatic carbocycles. The van der Waals surface area contributed by atoms with E-state index in [1.165, 1.54) is 0 Å². The van der Waals surface area contributed by atoms with E-state index < -0.39 is 6.10 Å². The van der Waals surface area contributed by atoms with Crippen LogP contribution in [0.1, 0.15) is 37.1 Å². The number of carbonyl (C=O) groups excluding carboxylic acids is 1. The molecule has 9 nitrogen and oxygen atoms in total. The Morgan fingerprint density at radius 2 is 1.97 bits per heavy atom. The number of benzene rings is 1. The van der Waals surface area contributed by atoms with Crippen LogP contribution in [0.4, 0.5) is 5.82 Å². The topological polar surface area (TPSA) is 96.5 Å². The average molecular weight is 567 g/mol. The van der Waals surface area contributed by atoms with Crippen LogP contribution in [0.5, 0.6) is 11.5 Å². The molecule has 1 amide bonds. The van der Waals surface area contributed by atoms with E-state index in [2.05, 4.69) is 20.1 Å². The molecule has 5 heterocycles. The second-order valence-corrected chi connectivity index (χ2v) is 10.7. The van der Waals surface area contributed by atoms with Crippen molar-refractivity contribution in [3.05, 3.63) is 58.0 Å². The lowest BCUT2D eigenvalue weighted by Crippen LogP contribution is -2.51. The summed E-state index contributed by atoms with van der Waals surface area (Å²) in [5, 5.41) is 9.45. The van der Waals surface area contributed by atoms with E-state index in [-0.39, 0.29) is 11.9 Å². The fraction of sp³-hybridized carbons (Fsp3) is 0.357. The van der Waals surface area contributed by atoms with Gasteiger partial charge in [-0.05, 0) is 38.5 Å². The lowest BCUT2D eigenvalue weighted by Gasteiger charge is -2.38. The predicted octanol–water partition coefficient (Wildman–Crippen LogP) is 5.59. The molecule has 11 heteroatoms.